The maximum absolute atomic E-state index is 13.4. The largest absolute Gasteiger partial charge is 0.399 e. The molecule has 0 aliphatic carbocycles. The van der Waals surface area contributed by atoms with Crippen LogP contribution in [0.25, 0.3) is 0 Å². The van der Waals surface area contributed by atoms with Gasteiger partial charge in [0.2, 0.25) is 0 Å². The van der Waals surface area contributed by atoms with Gasteiger partial charge in [0.15, 0.2) is 0 Å². The van der Waals surface area contributed by atoms with Crippen LogP contribution in [-0.2, 0) is 0 Å². The molecule has 0 aromatic heterocycles. The fourth-order valence-corrected chi connectivity index (χ4v) is 2.70. The van der Waals surface area contributed by atoms with Crippen LogP contribution >= 0.6 is 0 Å². The zero-order chi connectivity index (χ0) is 12.3. The Hall–Kier alpha value is -1.25. The first-order valence-corrected chi connectivity index (χ1v) is 6.53. The minimum atomic E-state index is -0.237. The van der Waals surface area contributed by atoms with Crippen LogP contribution in [0.15, 0.2) is 18.2 Å². The molecule has 1 unspecified atom stereocenters. The molecule has 1 atom stereocenters. The number of halogens is 1. The zero-order valence-electron chi connectivity index (χ0n) is 10.5. The van der Waals surface area contributed by atoms with E-state index in [1.807, 2.05) is 6.07 Å². The van der Waals surface area contributed by atoms with Crippen molar-refractivity contribution < 1.29 is 4.39 Å². The molecule has 1 aliphatic heterocycles. The van der Waals surface area contributed by atoms with Gasteiger partial charge in [-0.05, 0) is 37.5 Å². The monoisotopic (exact) mass is 236 g/mol. The molecule has 1 saturated heterocycles. The number of anilines is 2. The van der Waals surface area contributed by atoms with Crippen molar-refractivity contribution in [2.75, 3.05) is 17.2 Å². The van der Waals surface area contributed by atoms with Crippen LogP contribution in [0.2, 0.25) is 0 Å². The Kier molecular flexibility index (Phi) is 3.87. The highest BCUT2D eigenvalue weighted by Gasteiger charge is 2.20. The number of rotatable bonds is 2. The molecule has 2 N–H and O–H groups in total. The fourth-order valence-electron chi connectivity index (χ4n) is 2.70. The molecule has 0 amide bonds. The lowest BCUT2D eigenvalue weighted by molar-refractivity contribution is 0.554. The molecule has 0 spiro atoms. The van der Waals surface area contributed by atoms with Gasteiger partial charge in [-0.15, -0.1) is 0 Å². The average molecular weight is 236 g/mol. The van der Waals surface area contributed by atoms with Gasteiger partial charge >= 0.3 is 0 Å². The molecule has 1 aromatic carbocycles. The van der Waals surface area contributed by atoms with E-state index in [-0.39, 0.29) is 5.82 Å². The van der Waals surface area contributed by atoms with Gasteiger partial charge in [-0.25, -0.2) is 4.39 Å². The van der Waals surface area contributed by atoms with Crippen molar-refractivity contribution in [2.24, 2.45) is 0 Å². The highest BCUT2D eigenvalue weighted by atomic mass is 19.1. The molecule has 1 aliphatic rings. The highest BCUT2D eigenvalue weighted by molar-refractivity contribution is 5.57. The maximum Gasteiger partial charge on any atom is 0.127 e. The van der Waals surface area contributed by atoms with E-state index in [0.717, 1.165) is 18.7 Å². The summed E-state index contributed by atoms with van der Waals surface area (Å²) in [6, 6.07) is 5.39. The van der Waals surface area contributed by atoms with Crippen molar-refractivity contribution in [2.45, 2.75) is 45.1 Å². The molecule has 0 saturated carbocycles. The second-order valence-corrected chi connectivity index (χ2v) is 4.85. The van der Waals surface area contributed by atoms with E-state index < -0.39 is 0 Å². The Labute approximate surface area is 103 Å². The van der Waals surface area contributed by atoms with Crippen LogP contribution in [0.4, 0.5) is 15.8 Å². The SMILES string of the molecule is CCC1CCCCCN1c1cc(N)cc(F)c1. The number of hydrogen-bond donors (Lipinski definition) is 1. The molecule has 1 aromatic rings. The fraction of sp³-hybridized carbons (Fsp3) is 0.571. The minimum Gasteiger partial charge on any atom is -0.399 e. The molecular formula is C14H21FN2. The number of nitrogens with two attached hydrogens (primary N) is 1. The third-order valence-electron chi connectivity index (χ3n) is 3.58. The molecule has 2 rings (SSSR count). The molecule has 17 heavy (non-hydrogen) atoms. The zero-order valence-corrected chi connectivity index (χ0v) is 10.5. The first kappa shape index (κ1) is 12.2. The summed E-state index contributed by atoms with van der Waals surface area (Å²) >= 11 is 0. The summed E-state index contributed by atoms with van der Waals surface area (Å²) in [6.45, 7) is 3.22. The summed E-state index contributed by atoms with van der Waals surface area (Å²) in [6.07, 6.45) is 6.05. The van der Waals surface area contributed by atoms with E-state index >= 15 is 0 Å². The van der Waals surface area contributed by atoms with E-state index in [0.29, 0.717) is 11.7 Å². The minimum absolute atomic E-state index is 0.237. The predicted molar refractivity (Wildman–Crippen MR) is 70.7 cm³/mol. The third kappa shape index (κ3) is 2.90. The van der Waals surface area contributed by atoms with Crippen LogP contribution in [-0.4, -0.2) is 12.6 Å². The second kappa shape index (κ2) is 5.39. The van der Waals surface area contributed by atoms with Crippen LogP contribution in [0.1, 0.15) is 39.0 Å². The normalized spacial score (nSPS) is 21.3. The summed E-state index contributed by atoms with van der Waals surface area (Å²) in [5.41, 5.74) is 7.18. The predicted octanol–water partition coefficient (Wildman–Crippen LogP) is 3.57. The molecule has 3 heteroatoms. The van der Waals surface area contributed by atoms with E-state index in [9.17, 15) is 4.39 Å². The maximum atomic E-state index is 13.4. The Morgan fingerprint density at radius 2 is 2.12 bits per heavy atom. The Morgan fingerprint density at radius 1 is 1.29 bits per heavy atom. The first-order valence-electron chi connectivity index (χ1n) is 6.53. The molecule has 94 valence electrons. The Morgan fingerprint density at radius 3 is 2.82 bits per heavy atom. The summed E-state index contributed by atoms with van der Waals surface area (Å²) in [4.78, 5) is 2.33. The standard InChI is InChI=1S/C14H21FN2/c1-2-13-6-4-3-5-7-17(13)14-9-11(15)8-12(16)10-14/h8-10,13H,2-7,16H2,1H3. The molecule has 0 bridgehead atoms. The topological polar surface area (TPSA) is 29.3 Å². The van der Waals surface area contributed by atoms with Crippen molar-refractivity contribution in [1.82, 2.24) is 0 Å². The molecular weight excluding hydrogens is 215 g/mol. The number of benzene rings is 1. The third-order valence-corrected chi connectivity index (χ3v) is 3.58. The van der Waals surface area contributed by atoms with Crippen molar-refractivity contribution >= 4 is 11.4 Å². The number of nitrogen functional groups attached to an aromatic ring is 1. The van der Waals surface area contributed by atoms with Crippen molar-refractivity contribution in [3.05, 3.63) is 24.0 Å². The van der Waals surface area contributed by atoms with Crippen molar-refractivity contribution in [3.63, 3.8) is 0 Å². The summed E-state index contributed by atoms with van der Waals surface area (Å²) in [5, 5.41) is 0. The summed E-state index contributed by atoms with van der Waals surface area (Å²) in [7, 11) is 0. The molecule has 1 heterocycles. The Balaban J connectivity index is 2.27. The smallest absolute Gasteiger partial charge is 0.127 e. The van der Waals surface area contributed by atoms with Gasteiger partial charge in [0.25, 0.3) is 0 Å². The second-order valence-electron chi connectivity index (χ2n) is 4.85. The van der Waals surface area contributed by atoms with Crippen LogP contribution < -0.4 is 10.6 Å². The quantitative estimate of drug-likeness (QED) is 0.795. The van der Waals surface area contributed by atoms with Crippen LogP contribution in [0, 0.1) is 5.82 Å². The number of nitrogens with zero attached hydrogens (tertiary/aromatic N) is 1. The first-order chi connectivity index (χ1) is 8.20. The van der Waals surface area contributed by atoms with Crippen molar-refractivity contribution in [1.29, 1.82) is 0 Å². The van der Waals surface area contributed by atoms with E-state index in [2.05, 4.69) is 11.8 Å². The van der Waals surface area contributed by atoms with Crippen molar-refractivity contribution in [3.8, 4) is 0 Å². The van der Waals surface area contributed by atoms with Crippen LogP contribution in [0.3, 0.4) is 0 Å². The molecule has 1 fully saturated rings. The van der Waals surface area contributed by atoms with Gasteiger partial charge in [-0.3, -0.25) is 0 Å². The van der Waals surface area contributed by atoms with Gasteiger partial charge in [0, 0.05) is 24.0 Å². The molecule has 0 radical (unpaired) electrons. The lowest BCUT2D eigenvalue weighted by atomic mass is 10.1. The van der Waals surface area contributed by atoms with Gasteiger partial charge in [0.1, 0.15) is 5.82 Å². The highest BCUT2D eigenvalue weighted by Crippen LogP contribution is 2.28. The summed E-state index contributed by atoms with van der Waals surface area (Å²) in [5.74, 6) is -0.237. The van der Waals surface area contributed by atoms with Gasteiger partial charge in [0.05, 0.1) is 0 Å². The average Bonchev–Trinajstić information content (AvgIpc) is 2.52. The van der Waals surface area contributed by atoms with Gasteiger partial charge < -0.3 is 10.6 Å². The molecule has 2 nitrogen and oxygen atoms in total. The Bertz CT molecular complexity index is 358. The summed E-state index contributed by atoms with van der Waals surface area (Å²) < 4.78 is 13.4. The van der Waals surface area contributed by atoms with Gasteiger partial charge in [-0.2, -0.15) is 0 Å². The van der Waals surface area contributed by atoms with Crippen LogP contribution in [0.5, 0.6) is 0 Å². The van der Waals surface area contributed by atoms with Gasteiger partial charge in [-0.1, -0.05) is 19.8 Å². The lowest BCUT2D eigenvalue weighted by Gasteiger charge is -2.31. The lowest BCUT2D eigenvalue weighted by Crippen LogP contribution is -2.34. The number of hydrogen-bond acceptors (Lipinski definition) is 2. The van der Waals surface area contributed by atoms with E-state index in [1.165, 1.54) is 31.7 Å². The van der Waals surface area contributed by atoms with E-state index in [4.69, 9.17) is 5.73 Å². The van der Waals surface area contributed by atoms with E-state index in [1.54, 1.807) is 6.07 Å².